The highest BCUT2D eigenvalue weighted by molar-refractivity contribution is 14.1. The molecule has 30 heavy (non-hydrogen) atoms. The van der Waals surface area contributed by atoms with E-state index in [2.05, 4.69) is 5.32 Å². The first-order valence-corrected chi connectivity index (χ1v) is 9.45. The SMILES string of the molecule is NC(=O)[C@@H](Cc1ccccc1I)NC(=O)Cc1cc(C(F)(F)F)cc(C(F)(F)F)c1. The summed E-state index contributed by atoms with van der Waals surface area (Å²) in [6.07, 6.45) is -10.8. The minimum atomic E-state index is -5.02. The van der Waals surface area contributed by atoms with Crippen LogP contribution in [0, 0.1) is 3.57 Å². The van der Waals surface area contributed by atoms with Gasteiger partial charge < -0.3 is 11.1 Å². The van der Waals surface area contributed by atoms with E-state index < -0.39 is 53.3 Å². The van der Waals surface area contributed by atoms with Crippen LogP contribution in [0.5, 0.6) is 0 Å². The molecule has 0 saturated carbocycles. The summed E-state index contributed by atoms with van der Waals surface area (Å²) >= 11 is 2.01. The Hall–Kier alpha value is -2.31. The van der Waals surface area contributed by atoms with Gasteiger partial charge in [0.05, 0.1) is 17.5 Å². The summed E-state index contributed by atoms with van der Waals surface area (Å²) in [6, 6.07) is 6.66. The zero-order valence-corrected chi connectivity index (χ0v) is 17.2. The molecule has 0 unspecified atom stereocenters. The first kappa shape index (κ1) is 24.0. The molecule has 2 amide bonds. The highest BCUT2D eigenvalue weighted by Crippen LogP contribution is 2.36. The molecule has 2 rings (SSSR count). The van der Waals surface area contributed by atoms with Crippen LogP contribution >= 0.6 is 22.6 Å². The molecule has 0 bridgehead atoms. The lowest BCUT2D eigenvalue weighted by Crippen LogP contribution is -2.46. The van der Waals surface area contributed by atoms with Crippen molar-refractivity contribution in [1.82, 2.24) is 5.32 Å². The van der Waals surface area contributed by atoms with E-state index in [1.165, 1.54) is 0 Å². The van der Waals surface area contributed by atoms with Gasteiger partial charge in [0.1, 0.15) is 6.04 Å². The van der Waals surface area contributed by atoms with Gasteiger partial charge in [-0.1, -0.05) is 18.2 Å². The van der Waals surface area contributed by atoms with Gasteiger partial charge in [0.2, 0.25) is 11.8 Å². The third-order valence-corrected chi connectivity index (χ3v) is 5.13. The molecule has 3 N–H and O–H groups in total. The number of nitrogens with one attached hydrogen (secondary N) is 1. The van der Waals surface area contributed by atoms with Gasteiger partial charge in [-0.25, -0.2) is 0 Å². The number of hydrogen-bond donors (Lipinski definition) is 2. The predicted octanol–water partition coefficient (Wildman–Crippen LogP) is 4.08. The van der Waals surface area contributed by atoms with Crippen molar-refractivity contribution in [2.75, 3.05) is 0 Å². The molecule has 0 radical (unpaired) electrons. The maximum atomic E-state index is 12.9. The Labute approximate surface area is 181 Å². The van der Waals surface area contributed by atoms with Crippen LogP contribution in [-0.4, -0.2) is 17.9 Å². The number of primary amides is 1. The number of rotatable bonds is 6. The third kappa shape index (κ3) is 6.61. The van der Waals surface area contributed by atoms with Crippen LogP contribution < -0.4 is 11.1 Å². The van der Waals surface area contributed by atoms with E-state index in [-0.39, 0.29) is 12.5 Å². The van der Waals surface area contributed by atoms with Crippen LogP contribution in [0.25, 0.3) is 0 Å². The Bertz CT molecular complexity index is 911. The van der Waals surface area contributed by atoms with Crippen molar-refractivity contribution < 1.29 is 35.9 Å². The van der Waals surface area contributed by atoms with Crippen LogP contribution in [0.3, 0.4) is 0 Å². The lowest BCUT2D eigenvalue weighted by molar-refractivity contribution is -0.143. The van der Waals surface area contributed by atoms with Gasteiger partial charge in [0, 0.05) is 9.99 Å². The van der Waals surface area contributed by atoms with Crippen LogP contribution in [0.2, 0.25) is 0 Å². The first-order valence-electron chi connectivity index (χ1n) is 8.38. The lowest BCUT2D eigenvalue weighted by Gasteiger charge is -2.17. The summed E-state index contributed by atoms with van der Waals surface area (Å²) in [4.78, 5) is 23.9. The normalized spacial score (nSPS) is 13.0. The van der Waals surface area contributed by atoms with E-state index in [1.54, 1.807) is 24.3 Å². The van der Waals surface area contributed by atoms with Crippen LogP contribution in [0.15, 0.2) is 42.5 Å². The molecule has 0 aliphatic rings. The number of carbonyl (C=O) groups excluding carboxylic acids is 2. The van der Waals surface area contributed by atoms with Crippen molar-refractivity contribution in [3.05, 3.63) is 68.3 Å². The number of halogens is 7. The van der Waals surface area contributed by atoms with Gasteiger partial charge in [-0.05, 0) is 58.0 Å². The molecule has 4 nitrogen and oxygen atoms in total. The molecule has 2 aromatic rings. The van der Waals surface area contributed by atoms with Crippen LogP contribution in [-0.2, 0) is 34.8 Å². The molecule has 0 saturated heterocycles. The van der Waals surface area contributed by atoms with Gasteiger partial charge in [-0.15, -0.1) is 0 Å². The van der Waals surface area contributed by atoms with Crippen molar-refractivity contribution in [1.29, 1.82) is 0 Å². The standard InChI is InChI=1S/C19H15F6IN2O2/c20-18(21,22)12-5-10(6-13(9-12)19(23,24)25)7-16(29)28-15(17(27)30)8-11-3-1-2-4-14(11)26/h1-6,9,15H,7-8H2,(H2,27,30)(H,28,29)/t15-/m1/s1. The fourth-order valence-corrected chi connectivity index (χ4v) is 3.27. The zero-order chi connectivity index (χ0) is 22.7. The van der Waals surface area contributed by atoms with E-state index in [9.17, 15) is 35.9 Å². The molecular weight excluding hydrogens is 529 g/mol. The molecule has 0 aromatic heterocycles. The first-order chi connectivity index (χ1) is 13.8. The van der Waals surface area contributed by atoms with E-state index in [4.69, 9.17) is 5.73 Å². The second-order valence-electron chi connectivity index (χ2n) is 6.41. The van der Waals surface area contributed by atoms with Gasteiger partial charge in [0.25, 0.3) is 0 Å². The van der Waals surface area contributed by atoms with Crippen LogP contribution in [0.1, 0.15) is 22.3 Å². The van der Waals surface area contributed by atoms with Crippen molar-refractivity contribution in [2.24, 2.45) is 5.73 Å². The smallest absolute Gasteiger partial charge is 0.368 e. The van der Waals surface area contributed by atoms with Crippen molar-refractivity contribution in [2.45, 2.75) is 31.2 Å². The van der Waals surface area contributed by atoms with E-state index in [0.29, 0.717) is 17.7 Å². The lowest BCUT2D eigenvalue weighted by atomic mass is 10.0. The average Bonchev–Trinajstić information content (AvgIpc) is 2.61. The number of alkyl halides is 6. The van der Waals surface area contributed by atoms with E-state index in [1.807, 2.05) is 22.6 Å². The Balaban J connectivity index is 2.23. The van der Waals surface area contributed by atoms with Gasteiger partial charge in [-0.3, -0.25) is 9.59 Å². The highest BCUT2D eigenvalue weighted by Gasteiger charge is 2.37. The highest BCUT2D eigenvalue weighted by atomic mass is 127. The Morgan fingerprint density at radius 1 is 0.967 bits per heavy atom. The third-order valence-electron chi connectivity index (χ3n) is 4.07. The largest absolute Gasteiger partial charge is 0.416 e. The molecule has 11 heteroatoms. The second kappa shape index (κ2) is 9.23. The van der Waals surface area contributed by atoms with E-state index >= 15 is 0 Å². The number of nitrogens with two attached hydrogens (primary N) is 1. The summed E-state index contributed by atoms with van der Waals surface area (Å²) < 4.78 is 78.4. The van der Waals surface area contributed by atoms with Gasteiger partial charge in [0.15, 0.2) is 0 Å². The fraction of sp³-hybridized carbons (Fsp3) is 0.263. The molecule has 0 heterocycles. The van der Waals surface area contributed by atoms with Gasteiger partial charge >= 0.3 is 12.4 Å². The van der Waals surface area contributed by atoms with Crippen molar-refractivity contribution in [3.63, 3.8) is 0 Å². The molecule has 162 valence electrons. The molecule has 0 spiro atoms. The number of hydrogen-bond acceptors (Lipinski definition) is 2. The Morgan fingerprint density at radius 3 is 1.97 bits per heavy atom. The molecule has 0 fully saturated rings. The summed E-state index contributed by atoms with van der Waals surface area (Å²) in [6.45, 7) is 0. The molecule has 1 atom stereocenters. The summed E-state index contributed by atoms with van der Waals surface area (Å²) in [7, 11) is 0. The minimum absolute atomic E-state index is 0.0229. The Kier molecular flexibility index (Phi) is 7.37. The fourth-order valence-electron chi connectivity index (χ4n) is 2.66. The summed E-state index contributed by atoms with van der Waals surface area (Å²) in [5, 5.41) is 2.28. The monoisotopic (exact) mass is 544 g/mol. The summed E-state index contributed by atoms with van der Waals surface area (Å²) in [5.74, 6) is -1.82. The average molecular weight is 544 g/mol. The summed E-state index contributed by atoms with van der Waals surface area (Å²) in [5.41, 5.74) is 2.44. The van der Waals surface area contributed by atoms with E-state index in [0.717, 1.165) is 3.57 Å². The van der Waals surface area contributed by atoms with Crippen molar-refractivity contribution in [3.8, 4) is 0 Å². The quantitative estimate of drug-likeness (QED) is 0.425. The van der Waals surface area contributed by atoms with Crippen LogP contribution in [0.4, 0.5) is 26.3 Å². The minimum Gasteiger partial charge on any atom is -0.368 e. The maximum Gasteiger partial charge on any atom is 0.416 e. The topological polar surface area (TPSA) is 72.2 Å². The number of amides is 2. The maximum absolute atomic E-state index is 12.9. The van der Waals surface area contributed by atoms with Crippen molar-refractivity contribution >= 4 is 34.4 Å². The molecule has 0 aliphatic carbocycles. The zero-order valence-electron chi connectivity index (χ0n) is 15.1. The predicted molar refractivity (Wildman–Crippen MR) is 104 cm³/mol. The Morgan fingerprint density at radius 2 is 1.50 bits per heavy atom. The van der Waals surface area contributed by atoms with Gasteiger partial charge in [-0.2, -0.15) is 26.3 Å². The number of carbonyl (C=O) groups is 2. The number of benzene rings is 2. The second-order valence-corrected chi connectivity index (χ2v) is 7.57. The molecular formula is C19H15F6IN2O2. The molecule has 0 aliphatic heterocycles. The molecule has 2 aromatic carbocycles.